The number of nitrogens with zero attached hydrogens (tertiary/aromatic N) is 2. The Kier molecular flexibility index (Phi) is 3.54. The predicted molar refractivity (Wildman–Crippen MR) is 64.4 cm³/mol. The van der Waals surface area contributed by atoms with Gasteiger partial charge >= 0.3 is 0 Å². The number of rotatable bonds is 3. The van der Waals surface area contributed by atoms with Crippen molar-refractivity contribution in [1.29, 1.82) is 5.26 Å². The molecule has 2 aromatic rings. The van der Waals surface area contributed by atoms with Gasteiger partial charge in [-0.25, -0.2) is 4.39 Å². The third kappa shape index (κ3) is 2.64. The molecular formula is C14H11FN2O. The zero-order valence-corrected chi connectivity index (χ0v) is 9.80. The molecule has 0 fully saturated rings. The van der Waals surface area contributed by atoms with Crippen LogP contribution in [-0.4, -0.2) is 4.98 Å². The Morgan fingerprint density at radius 3 is 2.61 bits per heavy atom. The smallest absolute Gasteiger partial charge is 0.166 e. The van der Waals surface area contributed by atoms with Crippen LogP contribution in [0.25, 0.3) is 0 Å². The summed E-state index contributed by atoms with van der Waals surface area (Å²) in [5, 5.41) is 8.65. The second kappa shape index (κ2) is 5.28. The minimum Gasteiger partial charge on any atom is -0.483 e. The molecule has 1 aromatic carbocycles. The van der Waals surface area contributed by atoms with Crippen LogP contribution in [0.15, 0.2) is 42.7 Å². The van der Waals surface area contributed by atoms with Crippen LogP contribution >= 0.6 is 0 Å². The molecule has 0 radical (unpaired) electrons. The Morgan fingerprint density at radius 1 is 1.28 bits per heavy atom. The molecule has 1 unspecified atom stereocenters. The molecule has 4 heteroatoms. The Labute approximate surface area is 104 Å². The highest BCUT2D eigenvalue weighted by Gasteiger charge is 2.10. The Bertz CT molecular complexity index is 578. The van der Waals surface area contributed by atoms with Gasteiger partial charge in [-0.05, 0) is 42.8 Å². The lowest BCUT2D eigenvalue weighted by atomic mass is 10.1. The van der Waals surface area contributed by atoms with Crippen molar-refractivity contribution in [3.05, 3.63) is 59.7 Å². The fourth-order valence-electron chi connectivity index (χ4n) is 1.56. The van der Waals surface area contributed by atoms with Crippen molar-refractivity contribution in [1.82, 2.24) is 4.98 Å². The van der Waals surface area contributed by atoms with Crippen LogP contribution in [-0.2, 0) is 0 Å². The zero-order chi connectivity index (χ0) is 13.0. The van der Waals surface area contributed by atoms with Gasteiger partial charge in [0.2, 0.25) is 0 Å². The quantitative estimate of drug-likeness (QED) is 0.830. The van der Waals surface area contributed by atoms with E-state index >= 15 is 0 Å². The number of hydrogen-bond donors (Lipinski definition) is 0. The van der Waals surface area contributed by atoms with Gasteiger partial charge in [0.15, 0.2) is 11.6 Å². The first-order valence-corrected chi connectivity index (χ1v) is 5.47. The SMILES string of the molecule is CC(Oc1ccc(C#N)cc1F)c1ccncc1. The molecule has 0 bridgehead atoms. The number of pyridine rings is 1. The summed E-state index contributed by atoms with van der Waals surface area (Å²) in [7, 11) is 0. The van der Waals surface area contributed by atoms with Gasteiger partial charge in [-0.1, -0.05) is 0 Å². The first-order valence-electron chi connectivity index (χ1n) is 5.47. The third-order valence-corrected chi connectivity index (χ3v) is 2.54. The van der Waals surface area contributed by atoms with E-state index in [-0.39, 0.29) is 17.4 Å². The summed E-state index contributed by atoms with van der Waals surface area (Å²) in [6.45, 7) is 1.83. The van der Waals surface area contributed by atoms with Gasteiger partial charge in [0.1, 0.15) is 6.10 Å². The van der Waals surface area contributed by atoms with Crippen molar-refractivity contribution in [3.8, 4) is 11.8 Å². The van der Waals surface area contributed by atoms with E-state index in [0.29, 0.717) is 0 Å². The molecule has 1 atom stereocenters. The molecule has 2 rings (SSSR count). The largest absolute Gasteiger partial charge is 0.483 e. The van der Waals surface area contributed by atoms with Gasteiger partial charge < -0.3 is 4.74 Å². The molecule has 90 valence electrons. The molecule has 0 saturated heterocycles. The third-order valence-electron chi connectivity index (χ3n) is 2.54. The first kappa shape index (κ1) is 12.1. The highest BCUT2D eigenvalue weighted by molar-refractivity contribution is 5.36. The monoisotopic (exact) mass is 242 g/mol. The highest BCUT2D eigenvalue weighted by Crippen LogP contribution is 2.24. The Balaban J connectivity index is 2.18. The van der Waals surface area contributed by atoms with E-state index in [1.54, 1.807) is 12.4 Å². The van der Waals surface area contributed by atoms with Crippen molar-refractivity contribution in [2.24, 2.45) is 0 Å². The molecule has 1 heterocycles. The highest BCUT2D eigenvalue weighted by atomic mass is 19.1. The van der Waals surface area contributed by atoms with Gasteiger partial charge in [-0.3, -0.25) is 4.98 Å². The second-order valence-corrected chi connectivity index (χ2v) is 3.80. The maximum absolute atomic E-state index is 13.6. The molecule has 0 saturated carbocycles. The summed E-state index contributed by atoms with van der Waals surface area (Å²) in [5.74, 6) is -0.395. The lowest BCUT2D eigenvalue weighted by molar-refractivity contribution is 0.216. The lowest BCUT2D eigenvalue weighted by Gasteiger charge is -2.15. The lowest BCUT2D eigenvalue weighted by Crippen LogP contribution is -2.04. The van der Waals surface area contributed by atoms with Crippen molar-refractivity contribution in [2.75, 3.05) is 0 Å². The van der Waals surface area contributed by atoms with Crippen LogP contribution in [0.3, 0.4) is 0 Å². The molecule has 18 heavy (non-hydrogen) atoms. The van der Waals surface area contributed by atoms with Gasteiger partial charge in [-0.15, -0.1) is 0 Å². The second-order valence-electron chi connectivity index (χ2n) is 3.80. The average Bonchev–Trinajstić information content (AvgIpc) is 2.42. The van der Waals surface area contributed by atoms with Crippen molar-refractivity contribution in [2.45, 2.75) is 13.0 Å². The van der Waals surface area contributed by atoms with E-state index in [1.807, 2.05) is 25.1 Å². The number of ether oxygens (including phenoxy) is 1. The standard InChI is InChI=1S/C14H11FN2O/c1-10(12-4-6-17-7-5-12)18-14-3-2-11(9-16)8-13(14)15/h2-8,10H,1H3. The fourth-order valence-corrected chi connectivity index (χ4v) is 1.56. The van der Waals surface area contributed by atoms with Crippen LogP contribution in [0.1, 0.15) is 24.2 Å². The Morgan fingerprint density at radius 2 is 2.00 bits per heavy atom. The average molecular weight is 242 g/mol. The topological polar surface area (TPSA) is 45.9 Å². The summed E-state index contributed by atoms with van der Waals surface area (Å²) < 4.78 is 19.1. The first-order chi connectivity index (χ1) is 8.70. The summed E-state index contributed by atoms with van der Waals surface area (Å²) in [4.78, 5) is 3.91. The van der Waals surface area contributed by atoms with Crippen molar-refractivity contribution < 1.29 is 9.13 Å². The maximum Gasteiger partial charge on any atom is 0.166 e. The van der Waals surface area contributed by atoms with Crippen molar-refractivity contribution >= 4 is 0 Å². The van der Waals surface area contributed by atoms with E-state index in [0.717, 1.165) is 11.6 Å². The van der Waals surface area contributed by atoms with Gasteiger partial charge in [-0.2, -0.15) is 5.26 Å². The number of halogens is 1. The van der Waals surface area contributed by atoms with Gasteiger partial charge in [0, 0.05) is 12.4 Å². The van der Waals surface area contributed by atoms with Gasteiger partial charge in [0.05, 0.1) is 11.6 Å². The van der Waals surface area contributed by atoms with E-state index < -0.39 is 5.82 Å². The minimum atomic E-state index is -0.532. The van der Waals surface area contributed by atoms with Crippen molar-refractivity contribution in [3.63, 3.8) is 0 Å². The van der Waals surface area contributed by atoms with Crippen LogP contribution in [0, 0.1) is 17.1 Å². The number of hydrogen-bond acceptors (Lipinski definition) is 3. The summed E-state index contributed by atoms with van der Waals surface area (Å²) in [6.07, 6.45) is 3.03. The van der Waals surface area contributed by atoms with E-state index in [9.17, 15) is 4.39 Å². The molecule has 1 aromatic heterocycles. The number of aromatic nitrogens is 1. The molecule has 0 spiro atoms. The van der Waals surface area contributed by atoms with E-state index in [4.69, 9.17) is 10.00 Å². The summed E-state index contributed by atoms with van der Waals surface area (Å²) in [5.41, 5.74) is 1.19. The molecule has 0 aliphatic heterocycles. The zero-order valence-electron chi connectivity index (χ0n) is 9.80. The van der Waals surface area contributed by atoms with E-state index in [2.05, 4.69) is 4.98 Å². The van der Waals surface area contributed by atoms with Crippen LogP contribution < -0.4 is 4.74 Å². The molecule has 0 N–H and O–H groups in total. The Hall–Kier alpha value is -2.41. The van der Waals surface area contributed by atoms with Crippen LogP contribution in [0.2, 0.25) is 0 Å². The number of benzene rings is 1. The normalized spacial score (nSPS) is 11.6. The molecule has 0 amide bonds. The summed E-state index contributed by atoms with van der Waals surface area (Å²) in [6, 6.07) is 9.65. The minimum absolute atomic E-state index is 0.137. The maximum atomic E-state index is 13.6. The predicted octanol–water partition coefficient (Wildman–Crippen LogP) is 3.23. The van der Waals surface area contributed by atoms with Crippen LogP contribution in [0.4, 0.5) is 4.39 Å². The summed E-state index contributed by atoms with van der Waals surface area (Å²) >= 11 is 0. The molecule has 3 nitrogen and oxygen atoms in total. The fraction of sp³-hybridized carbons (Fsp3) is 0.143. The molecular weight excluding hydrogens is 231 g/mol. The number of nitriles is 1. The van der Waals surface area contributed by atoms with Gasteiger partial charge in [0.25, 0.3) is 0 Å². The molecule has 0 aliphatic rings. The molecule has 0 aliphatic carbocycles. The van der Waals surface area contributed by atoms with Crippen LogP contribution in [0.5, 0.6) is 5.75 Å². The van der Waals surface area contributed by atoms with E-state index in [1.165, 1.54) is 12.1 Å².